The number of nitrogens with zero attached hydrogens (tertiary/aromatic N) is 2. The lowest BCUT2D eigenvalue weighted by molar-refractivity contribution is 0.497. The number of nitrogens with one attached hydrogen (secondary N) is 1. The van der Waals surface area contributed by atoms with Crippen molar-refractivity contribution in [2.75, 3.05) is 18.0 Å². The average Bonchev–Trinajstić information content (AvgIpc) is 2.77. The lowest BCUT2D eigenvalue weighted by atomic mass is 9.96. The van der Waals surface area contributed by atoms with Crippen LogP contribution >= 0.6 is 11.3 Å². The minimum Gasteiger partial charge on any atom is -0.387 e. The number of hydrogen-bond donors (Lipinski definition) is 2. The summed E-state index contributed by atoms with van der Waals surface area (Å²) in [5.41, 5.74) is 6.70. The van der Waals surface area contributed by atoms with Gasteiger partial charge in [0.2, 0.25) is 0 Å². The minimum absolute atomic E-state index is 0.279. The van der Waals surface area contributed by atoms with Crippen molar-refractivity contribution in [1.82, 2.24) is 4.98 Å². The Labute approximate surface area is 100.0 Å². The first-order chi connectivity index (χ1) is 7.70. The van der Waals surface area contributed by atoms with Gasteiger partial charge in [-0.2, -0.15) is 0 Å². The van der Waals surface area contributed by atoms with Crippen LogP contribution in [0.4, 0.5) is 5.13 Å². The Kier molecular flexibility index (Phi) is 3.43. The number of hydrogen-bond acceptors (Lipinski definition) is 4. The van der Waals surface area contributed by atoms with Gasteiger partial charge in [-0.05, 0) is 19.3 Å². The van der Waals surface area contributed by atoms with Gasteiger partial charge in [0, 0.05) is 24.4 Å². The molecule has 0 aromatic carbocycles. The zero-order valence-electron chi connectivity index (χ0n) is 9.57. The van der Waals surface area contributed by atoms with E-state index in [1.54, 1.807) is 11.3 Å². The second-order valence-corrected chi connectivity index (χ2v) is 5.03. The Morgan fingerprint density at radius 1 is 1.62 bits per heavy atom. The Morgan fingerprint density at radius 3 is 2.81 bits per heavy atom. The van der Waals surface area contributed by atoms with E-state index in [1.165, 1.54) is 5.69 Å². The van der Waals surface area contributed by atoms with Crippen LogP contribution in [0, 0.1) is 11.3 Å². The second kappa shape index (κ2) is 4.82. The van der Waals surface area contributed by atoms with Gasteiger partial charge in [0.05, 0.1) is 11.5 Å². The van der Waals surface area contributed by atoms with E-state index in [4.69, 9.17) is 11.1 Å². The van der Waals surface area contributed by atoms with Crippen molar-refractivity contribution in [3.05, 3.63) is 11.1 Å². The van der Waals surface area contributed by atoms with E-state index < -0.39 is 0 Å². The van der Waals surface area contributed by atoms with Crippen LogP contribution in [0.1, 0.15) is 25.5 Å². The highest BCUT2D eigenvalue weighted by atomic mass is 32.1. The standard InChI is InChI=1S/C11H18N4S/c1-2-9-7-16-11(14-9)15-5-3-8(4-6-15)10(12)13/h7-8H,2-6H2,1H3,(H3,12,13). The molecule has 0 atom stereocenters. The monoisotopic (exact) mass is 238 g/mol. The first-order valence-corrected chi connectivity index (χ1v) is 6.62. The van der Waals surface area contributed by atoms with Crippen molar-refractivity contribution in [2.45, 2.75) is 26.2 Å². The molecule has 16 heavy (non-hydrogen) atoms. The van der Waals surface area contributed by atoms with E-state index >= 15 is 0 Å². The summed E-state index contributed by atoms with van der Waals surface area (Å²) in [6.45, 7) is 4.07. The van der Waals surface area contributed by atoms with Gasteiger partial charge in [0.25, 0.3) is 0 Å². The molecule has 2 heterocycles. The van der Waals surface area contributed by atoms with Crippen LogP contribution in [-0.4, -0.2) is 23.9 Å². The number of nitrogens with two attached hydrogens (primary N) is 1. The van der Waals surface area contributed by atoms with Gasteiger partial charge in [-0.3, -0.25) is 5.41 Å². The van der Waals surface area contributed by atoms with Gasteiger partial charge in [-0.25, -0.2) is 4.98 Å². The van der Waals surface area contributed by atoms with Crippen LogP contribution in [-0.2, 0) is 6.42 Å². The molecule has 0 aliphatic carbocycles. The molecule has 1 aromatic rings. The SMILES string of the molecule is CCc1csc(N2CCC(C(=N)N)CC2)n1. The maximum atomic E-state index is 7.44. The summed E-state index contributed by atoms with van der Waals surface area (Å²) in [6.07, 6.45) is 2.97. The number of amidine groups is 1. The molecule has 0 amide bonds. The van der Waals surface area contributed by atoms with Crippen LogP contribution < -0.4 is 10.6 Å². The molecule has 0 radical (unpaired) electrons. The molecule has 2 rings (SSSR count). The third kappa shape index (κ3) is 2.35. The fraction of sp³-hybridized carbons (Fsp3) is 0.636. The molecule has 5 heteroatoms. The van der Waals surface area contributed by atoms with E-state index in [0.717, 1.165) is 37.5 Å². The van der Waals surface area contributed by atoms with E-state index in [1.807, 2.05) is 0 Å². The first kappa shape index (κ1) is 11.4. The van der Waals surface area contributed by atoms with Gasteiger partial charge in [-0.15, -0.1) is 11.3 Å². The summed E-state index contributed by atoms with van der Waals surface area (Å²) >= 11 is 1.72. The molecule has 0 saturated carbocycles. The van der Waals surface area contributed by atoms with Gasteiger partial charge in [-0.1, -0.05) is 6.92 Å². The molecular weight excluding hydrogens is 220 g/mol. The highest BCUT2D eigenvalue weighted by molar-refractivity contribution is 7.13. The zero-order chi connectivity index (χ0) is 11.5. The maximum absolute atomic E-state index is 7.44. The third-order valence-corrected chi connectivity index (χ3v) is 4.06. The highest BCUT2D eigenvalue weighted by Gasteiger charge is 2.22. The van der Waals surface area contributed by atoms with Crippen LogP contribution in [0.15, 0.2) is 5.38 Å². The lowest BCUT2D eigenvalue weighted by Gasteiger charge is -2.31. The van der Waals surface area contributed by atoms with E-state index in [2.05, 4.69) is 22.2 Å². The summed E-state index contributed by atoms with van der Waals surface area (Å²) in [6, 6.07) is 0. The van der Waals surface area contributed by atoms with Crippen LogP contribution in [0.5, 0.6) is 0 Å². The van der Waals surface area contributed by atoms with Gasteiger partial charge < -0.3 is 10.6 Å². The average molecular weight is 238 g/mol. The predicted molar refractivity (Wildman–Crippen MR) is 68.3 cm³/mol. The van der Waals surface area contributed by atoms with Crippen molar-refractivity contribution < 1.29 is 0 Å². The molecule has 4 nitrogen and oxygen atoms in total. The van der Waals surface area contributed by atoms with E-state index in [-0.39, 0.29) is 5.92 Å². The second-order valence-electron chi connectivity index (χ2n) is 4.19. The molecule has 88 valence electrons. The molecule has 1 aliphatic rings. The molecule has 0 spiro atoms. The quantitative estimate of drug-likeness (QED) is 0.624. The molecule has 1 saturated heterocycles. The number of thiazole rings is 1. The highest BCUT2D eigenvalue weighted by Crippen LogP contribution is 2.26. The van der Waals surface area contributed by atoms with E-state index in [0.29, 0.717) is 5.84 Å². The number of aryl methyl sites for hydroxylation is 1. The Balaban J connectivity index is 1.96. The zero-order valence-corrected chi connectivity index (χ0v) is 10.4. The molecular formula is C11H18N4S. The lowest BCUT2D eigenvalue weighted by Crippen LogP contribution is -2.38. The van der Waals surface area contributed by atoms with Crippen molar-refractivity contribution in [3.63, 3.8) is 0 Å². The van der Waals surface area contributed by atoms with Crippen molar-refractivity contribution in [3.8, 4) is 0 Å². The van der Waals surface area contributed by atoms with Crippen molar-refractivity contribution >= 4 is 22.3 Å². The third-order valence-electron chi connectivity index (χ3n) is 3.11. The number of rotatable bonds is 3. The maximum Gasteiger partial charge on any atom is 0.185 e. The summed E-state index contributed by atoms with van der Waals surface area (Å²) < 4.78 is 0. The molecule has 1 aliphatic heterocycles. The molecule has 1 fully saturated rings. The Hall–Kier alpha value is -1.10. The minimum atomic E-state index is 0.279. The molecule has 3 N–H and O–H groups in total. The number of piperidine rings is 1. The Morgan fingerprint density at radius 2 is 2.31 bits per heavy atom. The van der Waals surface area contributed by atoms with Gasteiger partial charge in [0.15, 0.2) is 5.13 Å². The largest absolute Gasteiger partial charge is 0.387 e. The van der Waals surface area contributed by atoms with Crippen molar-refractivity contribution in [2.24, 2.45) is 11.7 Å². The van der Waals surface area contributed by atoms with Crippen LogP contribution in [0.2, 0.25) is 0 Å². The smallest absolute Gasteiger partial charge is 0.185 e. The fourth-order valence-electron chi connectivity index (χ4n) is 1.99. The summed E-state index contributed by atoms with van der Waals surface area (Å²) in [5, 5.41) is 10.7. The molecule has 0 unspecified atom stereocenters. The summed E-state index contributed by atoms with van der Waals surface area (Å²) in [5.74, 6) is 0.620. The number of aromatic nitrogens is 1. The van der Waals surface area contributed by atoms with Crippen molar-refractivity contribution in [1.29, 1.82) is 5.41 Å². The molecule has 1 aromatic heterocycles. The summed E-state index contributed by atoms with van der Waals surface area (Å²) in [4.78, 5) is 6.89. The first-order valence-electron chi connectivity index (χ1n) is 5.74. The van der Waals surface area contributed by atoms with E-state index in [9.17, 15) is 0 Å². The van der Waals surface area contributed by atoms with Crippen LogP contribution in [0.25, 0.3) is 0 Å². The normalized spacial score (nSPS) is 17.7. The topological polar surface area (TPSA) is 66.0 Å². The fourth-order valence-corrected chi connectivity index (χ4v) is 2.95. The summed E-state index contributed by atoms with van der Waals surface area (Å²) in [7, 11) is 0. The Bertz CT molecular complexity index is 366. The predicted octanol–water partition coefficient (Wildman–Crippen LogP) is 1.86. The van der Waals surface area contributed by atoms with Gasteiger partial charge in [0.1, 0.15) is 0 Å². The van der Waals surface area contributed by atoms with Crippen LogP contribution in [0.3, 0.4) is 0 Å². The van der Waals surface area contributed by atoms with Gasteiger partial charge >= 0.3 is 0 Å². The number of anilines is 1. The molecule has 0 bridgehead atoms.